The molecule has 0 radical (unpaired) electrons. The van der Waals surface area contributed by atoms with Crippen molar-refractivity contribution in [2.24, 2.45) is 0 Å². The Morgan fingerprint density at radius 3 is 1.24 bits per heavy atom. The third kappa shape index (κ3) is 46.9. The fraction of sp³-hybridized carbons (Fsp3) is 0.589. The van der Waals surface area contributed by atoms with E-state index in [9.17, 15) is 14.4 Å². The van der Waals surface area contributed by atoms with Crippen molar-refractivity contribution in [1.29, 1.82) is 0 Å². The van der Waals surface area contributed by atoms with Gasteiger partial charge in [-0.05, 0) is 96.3 Å². The highest BCUT2D eigenvalue weighted by Gasteiger charge is 2.19. The van der Waals surface area contributed by atoms with Crippen molar-refractivity contribution in [3.05, 3.63) is 122 Å². The van der Waals surface area contributed by atoms with E-state index in [-0.39, 0.29) is 37.5 Å². The summed E-state index contributed by atoms with van der Waals surface area (Å²) in [6.45, 7) is 6.24. The molecule has 0 heterocycles. The van der Waals surface area contributed by atoms with E-state index >= 15 is 0 Å². The van der Waals surface area contributed by atoms with Crippen molar-refractivity contribution in [1.82, 2.24) is 0 Å². The Bertz CT molecular complexity index is 1350. The Morgan fingerprint density at radius 2 is 0.742 bits per heavy atom. The van der Waals surface area contributed by atoms with Crippen molar-refractivity contribution in [3.8, 4) is 0 Å². The van der Waals surface area contributed by atoms with Gasteiger partial charge in [-0.3, -0.25) is 14.4 Å². The van der Waals surface area contributed by atoms with Crippen molar-refractivity contribution >= 4 is 17.9 Å². The zero-order valence-corrected chi connectivity index (χ0v) is 39.6. The summed E-state index contributed by atoms with van der Waals surface area (Å²) in [7, 11) is 0. The molecule has 0 aromatic rings. The van der Waals surface area contributed by atoms with Gasteiger partial charge in [0, 0.05) is 19.3 Å². The molecule has 0 aromatic carbocycles. The van der Waals surface area contributed by atoms with Crippen LogP contribution in [0.1, 0.15) is 194 Å². The monoisotopic (exact) mass is 857 g/mol. The number of rotatable bonds is 42. The van der Waals surface area contributed by atoms with Gasteiger partial charge < -0.3 is 14.2 Å². The van der Waals surface area contributed by atoms with Gasteiger partial charge in [0.1, 0.15) is 13.2 Å². The van der Waals surface area contributed by atoms with E-state index in [0.29, 0.717) is 19.3 Å². The van der Waals surface area contributed by atoms with Crippen molar-refractivity contribution in [2.75, 3.05) is 13.2 Å². The Labute approximate surface area is 380 Å². The average molecular weight is 857 g/mol. The molecule has 0 fully saturated rings. The van der Waals surface area contributed by atoms with Gasteiger partial charge in [-0.25, -0.2) is 0 Å². The third-order valence-corrected chi connectivity index (χ3v) is 9.78. The maximum Gasteiger partial charge on any atom is 0.306 e. The summed E-state index contributed by atoms with van der Waals surface area (Å²) in [5.41, 5.74) is 0. The lowest BCUT2D eigenvalue weighted by molar-refractivity contribution is -0.166. The predicted octanol–water partition coefficient (Wildman–Crippen LogP) is 16.1. The Morgan fingerprint density at radius 1 is 0.355 bits per heavy atom. The summed E-state index contributed by atoms with van der Waals surface area (Å²) in [6, 6.07) is 0. The number of ether oxygens (including phenoxy) is 3. The molecule has 6 heteroatoms. The van der Waals surface area contributed by atoms with Crippen LogP contribution in [0.15, 0.2) is 122 Å². The summed E-state index contributed by atoms with van der Waals surface area (Å²) in [5, 5.41) is 0. The van der Waals surface area contributed by atoms with E-state index in [1.54, 1.807) is 0 Å². The van der Waals surface area contributed by atoms with E-state index in [1.165, 1.54) is 32.1 Å². The van der Waals surface area contributed by atoms with Gasteiger partial charge in [0.2, 0.25) is 0 Å². The topological polar surface area (TPSA) is 78.9 Å². The first-order valence-corrected chi connectivity index (χ1v) is 24.6. The van der Waals surface area contributed by atoms with Crippen LogP contribution in [0.2, 0.25) is 0 Å². The molecule has 0 bridgehead atoms. The first kappa shape index (κ1) is 57.8. The van der Waals surface area contributed by atoms with Crippen LogP contribution in [0, 0.1) is 0 Å². The van der Waals surface area contributed by atoms with Gasteiger partial charge >= 0.3 is 17.9 Å². The first-order chi connectivity index (χ1) is 30.5. The second kappa shape index (κ2) is 49.5. The highest BCUT2D eigenvalue weighted by atomic mass is 16.6. The van der Waals surface area contributed by atoms with Crippen LogP contribution in [-0.4, -0.2) is 37.2 Å². The fourth-order valence-electron chi connectivity index (χ4n) is 6.13. The second-order valence-electron chi connectivity index (χ2n) is 15.7. The molecule has 348 valence electrons. The number of carbonyl (C=O) groups excluding carboxylic acids is 3. The van der Waals surface area contributed by atoms with Gasteiger partial charge in [-0.15, -0.1) is 0 Å². The number of esters is 3. The summed E-state index contributed by atoms with van der Waals surface area (Å²) < 4.78 is 16.7. The third-order valence-electron chi connectivity index (χ3n) is 9.78. The zero-order valence-electron chi connectivity index (χ0n) is 39.6. The summed E-state index contributed by atoms with van der Waals surface area (Å²) in [5.74, 6) is -1.05. The lowest BCUT2D eigenvalue weighted by Gasteiger charge is -2.18. The van der Waals surface area contributed by atoms with Crippen LogP contribution in [0.3, 0.4) is 0 Å². The second-order valence-corrected chi connectivity index (χ2v) is 15.7. The minimum Gasteiger partial charge on any atom is -0.462 e. The summed E-state index contributed by atoms with van der Waals surface area (Å²) in [6.07, 6.45) is 67.6. The average Bonchev–Trinajstić information content (AvgIpc) is 3.27. The number of carbonyl (C=O) groups is 3. The van der Waals surface area contributed by atoms with Crippen LogP contribution < -0.4 is 0 Å². The maximum absolute atomic E-state index is 12.8. The Hall–Kier alpha value is -4.19. The molecule has 1 unspecified atom stereocenters. The molecule has 1 atom stereocenters. The van der Waals surface area contributed by atoms with Crippen LogP contribution in [0.25, 0.3) is 0 Å². The summed E-state index contributed by atoms with van der Waals surface area (Å²) >= 11 is 0. The molecular weight excluding hydrogens is 769 g/mol. The van der Waals surface area contributed by atoms with Crippen LogP contribution in [0.4, 0.5) is 0 Å². The van der Waals surface area contributed by atoms with Crippen molar-refractivity contribution in [2.45, 2.75) is 200 Å². The molecule has 0 N–H and O–H groups in total. The predicted molar refractivity (Wildman–Crippen MR) is 265 cm³/mol. The molecule has 0 saturated carbocycles. The lowest BCUT2D eigenvalue weighted by Crippen LogP contribution is -2.30. The first-order valence-electron chi connectivity index (χ1n) is 24.6. The van der Waals surface area contributed by atoms with E-state index in [1.807, 2.05) is 18.2 Å². The minimum atomic E-state index is -0.825. The highest BCUT2D eigenvalue weighted by Crippen LogP contribution is 2.12. The minimum absolute atomic E-state index is 0.120. The van der Waals surface area contributed by atoms with E-state index in [2.05, 4.69) is 124 Å². The Kier molecular flexibility index (Phi) is 46.1. The zero-order chi connectivity index (χ0) is 45.1. The van der Waals surface area contributed by atoms with Gasteiger partial charge in [0.25, 0.3) is 0 Å². The fourth-order valence-corrected chi connectivity index (χ4v) is 6.13. The smallest absolute Gasteiger partial charge is 0.306 e. The quantitative estimate of drug-likeness (QED) is 0.0200. The van der Waals surface area contributed by atoms with Crippen molar-refractivity contribution in [3.63, 3.8) is 0 Å². The molecule has 0 amide bonds. The van der Waals surface area contributed by atoms with E-state index < -0.39 is 6.10 Å². The maximum atomic E-state index is 12.8. The Balaban J connectivity index is 4.57. The number of hydrogen-bond acceptors (Lipinski definition) is 6. The molecule has 0 aromatic heterocycles. The molecule has 62 heavy (non-hydrogen) atoms. The largest absolute Gasteiger partial charge is 0.462 e. The lowest BCUT2D eigenvalue weighted by atomic mass is 10.1. The van der Waals surface area contributed by atoms with Crippen LogP contribution in [-0.2, 0) is 28.6 Å². The molecule has 0 aliphatic heterocycles. The van der Waals surface area contributed by atoms with Crippen LogP contribution >= 0.6 is 0 Å². The molecule has 0 saturated heterocycles. The number of allylic oxidation sites excluding steroid dienone is 20. The number of hydrogen-bond donors (Lipinski definition) is 0. The van der Waals surface area contributed by atoms with Crippen molar-refractivity contribution < 1.29 is 28.6 Å². The van der Waals surface area contributed by atoms with Gasteiger partial charge in [0.05, 0.1) is 0 Å². The standard InChI is InChI=1S/C56H88O6/c1-4-7-10-13-16-19-22-25-27-29-31-34-37-40-43-46-49-55(58)61-52-53(51-60-54(57)48-45-42-39-36-33-30-24-21-18-15-12-9-6-3)62-56(59)50-47-44-41-38-35-32-28-26-23-20-17-14-11-8-5-2/h7,9-10,12,15-21,23-27,31,34,40,43,53H,4-6,8,11,13-14,22,28-30,32-33,35-39,41-42,44-52H2,1-3H3/b10-7+,12-9+,18-15+,19-16+,20-17+,24-21+,26-23+,27-25+,34-31+,43-40+. The molecular formula is C56H88O6. The molecule has 0 rings (SSSR count). The highest BCUT2D eigenvalue weighted by molar-refractivity contribution is 5.71. The SMILES string of the molecule is CC/C=C/C=C/C=C/CCCCCCCC(=O)OCC(COC(=O)CC/C=C/C/C=C/C/C=C/C/C=C/C/C=C/CC)OC(=O)CCCCCCCC/C=C/C=C/CCCCC. The van der Waals surface area contributed by atoms with E-state index in [0.717, 1.165) is 116 Å². The molecule has 0 aliphatic carbocycles. The summed E-state index contributed by atoms with van der Waals surface area (Å²) in [4.78, 5) is 37.9. The molecule has 6 nitrogen and oxygen atoms in total. The molecule has 0 aliphatic rings. The van der Waals surface area contributed by atoms with E-state index in [4.69, 9.17) is 14.2 Å². The molecule has 0 spiro atoms. The van der Waals surface area contributed by atoms with Gasteiger partial charge in [0.15, 0.2) is 6.10 Å². The van der Waals surface area contributed by atoms with Gasteiger partial charge in [-0.1, -0.05) is 200 Å². The van der Waals surface area contributed by atoms with Crippen LogP contribution in [0.5, 0.6) is 0 Å². The number of unbranched alkanes of at least 4 members (excludes halogenated alkanes) is 14. The normalized spacial score (nSPS) is 13.1. The van der Waals surface area contributed by atoms with Gasteiger partial charge in [-0.2, -0.15) is 0 Å².